The van der Waals surface area contributed by atoms with Gasteiger partial charge in [-0.05, 0) is 30.7 Å². The molecule has 3 atom stereocenters. The molecule has 3 heterocycles. The van der Waals surface area contributed by atoms with Crippen molar-refractivity contribution in [2.45, 2.75) is 25.8 Å². The first kappa shape index (κ1) is 13.5. The van der Waals surface area contributed by atoms with Gasteiger partial charge in [0.1, 0.15) is 17.8 Å². The van der Waals surface area contributed by atoms with Gasteiger partial charge in [0, 0.05) is 39.3 Å². The van der Waals surface area contributed by atoms with Crippen LogP contribution < -0.4 is 4.90 Å². The smallest absolute Gasteiger partial charge is 0.219 e. The summed E-state index contributed by atoms with van der Waals surface area (Å²) in [6.45, 7) is 3.52. The minimum absolute atomic E-state index is 0.212. The Morgan fingerprint density at radius 3 is 2.73 bits per heavy atom. The molecule has 0 bridgehead atoms. The minimum Gasteiger partial charge on any atom is -0.356 e. The van der Waals surface area contributed by atoms with E-state index in [1.165, 1.54) is 0 Å². The maximum absolute atomic E-state index is 11.5. The van der Waals surface area contributed by atoms with Crippen LogP contribution in [0.25, 0.3) is 11.0 Å². The maximum Gasteiger partial charge on any atom is 0.219 e. The third-order valence-corrected chi connectivity index (χ3v) is 5.39. The van der Waals surface area contributed by atoms with E-state index in [-0.39, 0.29) is 5.91 Å². The normalized spacial score (nSPS) is 27.4. The number of likely N-dealkylation sites (tertiary alicyclic amines) is 1. The summed E-state index contributed by atoms with van der Waals surface area (Å²) in [7, 11) is 2.13. The molecule has 2 aromatic heterocycles. The van der Waals surface area contributed by atoms with Crippen LogP contribution in [0.15, 0.2) is 18.6 Å². The topological polar surface area (TPSA) is 65.1 Å². The highest BCUT2D eigenvalue weighted by Gasteiger charge is 2.43. The highest BCUT2D eigenvalue weighted by Crippen LogP contribution is 2.41. The Balaban J connectivity index is 1.53. The van der Waals surface area contributed by atoms with Crippen molar-refractivity contribution in [1.29, 1.82) is 0 Å². The average Bonchev–Trinajstić information content (AvgIpc) is 3.18. The lowest BCUT2D eigenvalue weighted by Crippen LogP contribution is -2.33. The van der Waals surface area contributed by atoms with E-state index in [0.29, 0.717) is 17.9 Å². The van der Waals surface area contributed by atoms with Crippen LogP contribution >= 0.6 is 0 Å². The molecule has 1 amide bonds. The fourth-order valence-electron chi connectivity index (χ4n) is 4.15. The summed E-state index contributed by atoms with van der Waals surface area (Å²) in [5.41, 5.74) is 0.887. The van der Waals surface area contributed by atoms with E-state index in [0.717, 1.165) is 42.8 Å². The first-order chi connectivity index (χ1) is 10.6. The third kappa shape index (κ3) is 2.05. The minimum atomic E-state index is 0.212. The van der Waals surface area contributed by atoms with Crippen molar-refractivity contribution in [1.82, 2.24) is 19.9 Å². The summed E-state index contributed by atoms with van der Waals surface area (Å²) in [5.74, 6) is 2.49. The van der Waals surface area contributed by atoms with Crippen LogP contribution in [-0.2, 0) is 4.79 Å². The number of rotatable bonds is 2. The Hall–Kier alpha value is -2.11. The Bertz CT molecular complexity index is 697. The van der Waals surface area contributed by atoms with Gasteiger partial charge in [-0.25, -0.2) is 9.97 Å². The van der Waals surface area contributed by atoms with Crippen LogP contribution in [0.4, 0.5) is 5.82 Å². The van der Waals surface area contributed by atoms with E-state index >= 15 is 0 Å². The predicted octanol–water partition coefficient (Wildman–Crippen LogP) is 1.65. The van der Waals surface area contributed by atoms with Gasteiger partial charge < -0.3 is 14.8 Å². The Labute approximate surface area is 129 Å². The van der Waals surface area contributed by atoms with Crippen molar-refractivity contribution >= 4 is 22.8 Å². The SMILES string of the molecule is CC(=O)N1C[C@H]2C[C@@H](N(C)c3ncnc4[nH]ccc34)C[C@H]2C1. The molecule has 1 saturated heterocycles. The number of anilines is 1. The number of carbonyl (C=O) groups is 1. The molecule has 1 saturated carbocycles. The van der Waals surface area contributed by atoms with Crippen LogP contribution in [0.1, 0.15) is 19.8 Å². The second kappa shape index (κ2) is 4.97. The first-order valence-electron chi connectivity index (χ1n) is 7.90. The highest BCUT2D eigenvalue weighted by molar-refractivity contribution is 5.87. The zero-order chi connectivity index (χ0) is 15.3. The third-order valence-electron chi connectivity index (χ3n) is 5.39. The van der Waals surface area contributed by atoms with Crippen LogP contribution in [0.3, 0.4) is 0 Å². The van der Waals surface area contributed by atoms with Crippen molar-refractivity contribution in [2.24, 2.45) is 11.8 Å². The molecule has 6 heteroatoms. The number of hydrogen-bond donors (Lipinski definition) is 1. The van der Waals surface area contributed by atoms with E-state index < -0.39 is 0 Å². The van der Waals surface area contributed by atoms with E-state index in [1.807, 2.05) is 17.2 Å². The summed E-state index contributed by atoms with van der Waals surface area (Å²) >= 11 is 0. The zero-order valence-electron chi connectivity index (χ0n) is 13.0. The van der Waals surface area contributed by atoms with E-state index in [4.69, 9.17) is 0 Å². The Kier molecular flexibility index (Phi) is 3.06. The molecule has 1 N–H and O–H groups in total. The summed E-state index contributed by atoms with van der Waals surface area (Å²) in [5, 5.41) is 1.08. The molecule has 0 unspecified atom stereocenters. The standard InChI is InChI=1S/C16H21N5O/c1-10(22)21-7-11-5-13(6-12(11)8-21)20(2)16-14-3-4-17-15(14)18-9-19-16/h3-4,9,11-13H,5-8H2,1-2H3,(H,17,18,19)/t11-,12+,13-. The fraction of sp³-hybridized carbons (Fsp3) is 0.562. The van der Waals surface area contributed by atoms with Crippen molar-refractivity contribution in [3.8, 4) is 0 Å². The number of aromatic nitrogens is 3. The first-order valence-corrected chi connectivity index (χ1v) is 7.90. The monoisotopic (exact) mass is 299 g/mol. The fourth-order valence-corrected chi connectivity index (χ4v) is 4.15. The quantitative estimate of drug-likeness (QED) is 0.916. The Morgan fingerprint density at radius 1 is 1.32 bits per heavy atom. The largest absolute Gasteiger partial charge is 0.356 e. The average molecular weight is 299 g/mol. The van der Waals surface area contributed by atoms with Gasteiger partial charge in [-0.3, -0.25) is 4.79 Å². The van der Waals surface area contributed by atoms with Crippen LogP contribution in [0, 0.1) is 11.8 Å². The second-order valence-corrected chi connectivity index (χ2v) is 6.62. The molecular weight excluding hydrogens is 278 g/mol. The second-order valence-electron chi connectivity index (χ2n) is 6.62. The predicted molar refractivity (Wildman–Crippen MR) is 84.5 cm³/mol. The van der Waals surface area contributed by atoms with Crippen LogP contribution in [0.5, 0.6) is 0 Å². The molecule has 1 aliphatic carbocycles. The molecule has 6 nitrogen and oxygen atoms in total. The van der Waals surface area contributed by atoms with Gasteiger partial charge in [-0.15, -0.1) is 0 Å². The molecule has 22 heavy (non-hydrogen) atoms. The molecule has 0 radical (unpaired) electrons. The lowest BCUT2D eigenvalue weighted by Gasteiger charge is -2.27. The molecule has 1 aliphatic heterocycles. The van der Waals surface area contributed by atoms with Gasteiger partial charge in [0.15, 0.2) is 0 Å². The maximum atomic E-state index is 11.5. The Morgan fingerprint density at radius 2 is 2.05 bits per heavy atom. The lowest BCUT2D eigenvalue weighted by atomic mass is 10.0. The van der Waals surface area contributed by atoms with E-state index in [9.17, 15) is 4.79 Å². The molecule has 116 valence electrons. The summed E-state index contributed by atoms with van der Waals surface area (Å²) in [6.07, 6.45) is 5.81. The number of aromatic amines is 1. The summed E-state index contributed by atoms with van der Waals surface area (Å²) in [4.78, 5) is 27.7. The number of fused-ring (bicyclic) bond motifs is 2. The van der Waals surface area contributed by atoms with Crippen LogP contribution in [-0.4, -0.2) is 51.9 Å². The van der Waals surface area contributed by atoms with Crippen molar-refractivity contribution in [2.75, 3.05) is 25.0 Å². The summed E-state index contributed by atoms with van der Waals surface area (Å²) in [6, 6.07) is 2.53. The van der Waals surface area contributed by atoms with Crippen molar-refractivity contribution in [3.05, 3.63) is 18.6 Å². The number of nitrogens with zero attached hydrogens (tertiary/aromatic N) is 4. The van der Waals surface area contributed by atoms with Crippen molar-refractivity contribution in [3.63, 3.8) is 0 Å². The molecule has 2 aliphatic rings. The highest BCUT2D eigenvalue weighted by atomic mass is 16.2. The van der Waals surface area contributed by atoms with Gasteiger partial charge in [-0.1, -0.05) is 0 Å². The van der Waals surface area contributed by atoms with Gasteiger partial charge in [-0.2, -0.15) is 0 Å². The number of H-pyrrole nitrogens is 1. The molecule has 2 fully saturated rings. The molecular formula is C16H21N5O. The number of hydrogen-bond acceptors (Lipinski definition) is 4. The van der Waals surface area contributed by atoms with Gasteiger partial charge in [0.25, 0.3) is 0 Å². The number of amides is 1. The van der Waals surface area contributed by atoms with Crippen molar-refractivity contribution < 1.29 is 4.79 Å². The van der Waals surface area contributed by atoms with Gasteiger partial charge in [0.2, 0.25) is 5.91 Å². The zero-order valence-corrected chi connectivity index (χ0v) is 13.0. The van der Waals surface area contributed by atoms with E-state index in [2.05, 4.69) is 26.9 Å². The lowest BCUT2D eigenvalue weighted by molar-refractivity contribution is -0.128. The molecule has 4 rings (SSSR count). The van der Waals surface area contributed by atoms with Gasteiger partial charge >= 0.3 is 0 Å². The molecule has 0 spiro atoms. The number of carbonyl (C=O) groups excluding carboxylic acids is 1. The summed E-state index contributed by atoms with van der Waals surface area (Å²) < 4.78 is 0. The molecule has 2 aromatic rings. The molecule has 0 aromatic carbocycles. The van der Waals surface area contributed by atoms with Gasteiger partial charge in [0.05, 0.1) is 5.39 Å². The van der Waals surface area contributed by atoms with Crippen LogP contribution in [0.2, 0.25) is 0 Å². The van der Waals surface area contributed by atoms with E-state index in [1.54, 1.807) is 13.3 Å². The number of nitrogens with one attached hydrogen (secondary N) is 1.